The number of halogens is 1. The normalized spacial score (nSPS) is 13.3. The van der Waals surface area contributed by atoms with E-state index in [2.05, 4.69) is 34.5 Å². The first-order valence-corrected chi connectivity index (χ1v) is 11.5. The van der Waals surface area contributed by atoms with E-state index < -0.39 is 0 Å². The molecule has 29 heavy (non-hydrogen) atoms. The van der Waals surface area contributed by atoms with Crippen molar-refractivity contribution in [2.45, 2.75) is 33.3 Å². The first-order valence-electron chi connectivity index (χ1n) is 9.56. The van der Waals surface area contributed by atoms with E-state index in [1.54, 1.807) is 4.40 Å². The van der Waals surface area contributed by atoms with Gasteiger partial charge in [-0.2, -0.15) is 0 Å². The Balaban J connectivity index is 1.83. The first kappa shape index (κ1) is 20.2. The van der Waals surface area contributed by atoms with Crippen LogP contribution in [0.5, 0.6) is 11.5 Å². The van der Waals surface area contributed by atoms with E-state index in [1.165, 1.54) is 11.3 Å². The summed E-state index contributed by atoms with van der Waals surface area (Å²) in [5.41, 5.74) is 2.53. The van der Waals surface area contributed by atoms with Crippen LogP contribution in [0.15, 0.2) is 41.2 Å². The highest BCUT2D eigenvalue weighted by atomic mass is 127. The fraction of sp³-hybridized carbons (Fsp3) is 0.273. The van der Waals surface area contributed by atoms with Crippen molar-refractivity contribution in [2.75, 3.05) is 6.61 Å². The highest BCUT2D eigenvalue weighted by molar-refractivity contribution is 14.1. The number of aromatic nitrogens is 2. The number of para-hydroxylation sites is 2. The monoisotopic (exact) mass is 520 g/mol. The minimum absolute atomic E-state index is 0.0494. The van der Waals surface area contributed by atoms with Crippen molar-refractivity contribution >= 4 is 56.0 Å². The Kier molecular flexibility index (Phi) is 5.78. The smallest absolute Gasteiger partial charge is 0.274 e. The second-order valence-corrected chi connectivity index (χ2v) is 8.91. The van der Waals surface area contributed by atoms with Gasteiger partial charge in [0.05, 0.1) is 31.8 Å². The van der Waals surface area contributed by atoms with Crippen molar-refractivity contribution in [3.05, 3.63) is 60.4 Å². The number of hydrogen-bond acceptors (Lipinski definition) is 5. The lowest BCUT2D eigenvalue weighted by Crippen LogP contribution is -2.22. The quantitative estimate of drug-likeness (QED) is 0.348. The predicted octanol–water partition coefficient (Wildman–Crippen LogP) is 4.64. The molecule has 4 rings (SSSR count). The van der Waals surface area contributed by atoms with E-state index in [-0.39, 0.29) is 11.7 Å². The molecule has 2 aromatic carbocycles. The third-order valence-corrected chi connectivity index (χ3v) is 6.44. The Morgan fingerprint density at radius 1 is 1.28 bits per heavy atom. The number of hydrogen-bond donors (Lipinski definition) is 0. The zero-order valence-electron chi connectivity index (χ0n) is 16.4. The molecule has 5 nitrogen and oxygen atoms in total. The number of imidazole rings is 1. The summed E-state index contributed by atoms with van der Waals surface area (Å²) in [5.74, 6) is 1.46. The van der Waals surface area contributed by atoms with Gasteiger partial charge in [0.15, 0.2) is 16.5 Å². The van der Waals surface area contributed by atoms with Crippen LogP contribution in [0.3, 0.4) is 0 Å². The molecular formula is C22H21IN2O3S. The van der Waals surface area contributed by atoms with E-state index in [0.717, 1.165) is 32.3 Å². The second-order valence-electron chi connectivity index (χ2n) is 6.73. The van der Waals surface area contributed by atoms with Crippen LogP contribution in [0.2, 0.25) is 0 Å². The molecule has 0 fully saturated rings. The summed E-state index contributed by atoms with van der Waals surface area (Å²) in [5, 5.41) is 0. The van der Waals surface area contributed by atoms with Crippen molar-refractivity contribution in [1.29, 1.82) is 0 Å². The second kappa shape index (κ2) is 8.31. The van der Waals surface area contributed by atoms with Gasteiger partial charge in [-0.15, -0.1) is 0 Å². The lowest BCUT2D eigenvalue weighted by Gasteiger charge is -2.18. The van der Waals surface area contributed by atoms with Crippen molar-refractivity contribution in [1.82, 2.24) is 9.38 Å². The van der Waals surface area contributed by atoms with E-state index in [1.807, 2.05) is 56.3 Å². The van der Waals surface area contributed by atoms with Gasteiger partial charge in [-0.1, -0.05) is 30.4 Å². The lowest BCUT2D eigenvalue weighted by molar-refractivity contribution is 0.201. The molecule has 0 amide bonds. The van der Waals surface area contributed by atoms with E-state index in [4.69, 9.17) is 9.47 Å². The maximum absolute atomic E-state index is 13.0. The summed E-state index contributed by atoms with van der Waals surface area (Å²) in [7, 11) is 0. The molecule has 4 aromatic rings. The molecule has 0 unspecified atom stereocenters. The average Bonchev–Trinajstić information content (AvgIpc) is 3.21. The molecule has 2 aromatic heterocycles. The molecule has 0 bridgehead atoms. The highest BCUT2D eigenvalue weighted by Crippen LogP contribution is 2.35. The molecule has 0 saturated carbocycles. The third-order valence-electron chi connectivity index (χ3n) is 4.67. The zero-order chi connectivity index (χ0) is 20.5. The van der Waals surface area contributed by atoms with Gasteiger partial charge in [-0.05, 0) is 78.8 Å². The van der Waals surface area contributed by atoms with Crippen LogP contribution in [0, 0.1) is 3.57 Å². The molecule has 0 spiro atoms. The standard InChI is InChI=1S/C22H21IN2O3S/c1-4-13(3)28-20-15(23)10-14(11-18(20)27-5-2)12-19-21(26)25-17-9-7-6-8-16(17)24-22(25)29-19/h6-13H,4-5H2,1-3H3/b19-12-/t13-/m1/s1. The summed E-state index contributed by atoms with van der Waals surface area (Å²) in [6, 6.07) is 11.6. The first-order chi connectivity index (χ1) is 14.0. The summed E-state index contributed by atoms with van der Waals surface area (Å²) >= 11 is 3.66. The predicted molar refractivity (Wildman–Crippen MR) is 126 cm³/mol. The molecule has 150 valence electrons. The van der Waals surface area contributed by atoms with E-state index in [9.17, 15) is 4.79 Å². The SMILES string of the molecule is CCOc1cc(/C=c2\sc3nc4ccccc4n3c2=O)cc(I)c1O[C@H](C)CC. The molecule has 0 aliphatic carbocycles. The van der Waals surface area contributed by atoms with Gasteiger partial charge in [-0.25, -0.2) is 9.38 Å². The molecule has 0 N–H and O–H groups in total. The molecule has 0 aliphatic heterocycles. The van der Waals surface area contributed by atoms with Crippen molar-refractivity contribution in [2.24, 2.45) is 0 Å². The van der Waals surface area contributed by atoms with E-state index in [0.29, 0.717) is 21.8 Å². The number of benzene rings is 2. The molecular weight excluding hydrogens is 499 g/mol. The van der Waals surface area contributed by atoms with Crippen LogP contribution >= 0.6 is 33.9 Å². The summed E-state index contributed by atoms with van der Waals surface area (Å²) in [6.45, 7) is 6.63. The zero-order valence-corrected chi connectivity index (χ0v) is 19.4. The Hall–Kier alpha value is -2.13. The van der Waals surface area contributed by atoms with Crippen molar-refractivity contribution < 1.29 is 9.47 Å². The molecule has 2 heterocycles. The van der Waals surface area contributed by atoms with Crippen LogP contribution < -0.4 is 19.6 Å². The van der Waals surface area contributed by atoms with Crippen LogP contribution in [0.4, 0.5) is 0 Å². The highest BCUT2D eigenvalue weighted by Gasteiger charge is 2.15. The number of ether oxygens (including phenoxy) is 2. The van der Waals surface area contributed by atoms with Crippen LogP contribution in [0.1, 0.15) is 32.8 Å². The fourth-order valence-electron chi connectivity index (χ4n) is 3.10. The van der Waals surface area contributed by atoms with Gasteiger partial charge >= 0.3 is 0 Å². The van der Waals surface area contributed by atoms with Gasteiger partial charge in [0, 0.05) is 0 Å². The van der Waals surface area contributed by atoms with E-state index >= 15 is 0 Å². The van der Waals surface area contributed by atoms with Crippen molar-refractivity contribution in [3.63, 3.8) is 0 Å². The minimum Gasteiger partial charge on any atom is -0.490 e. The van der Waals surface area contributed by atoms with Crippen molar-refractivity contribution in [3.8, 4) is 11.5 Å². The minimum atomic E-state index is -0.0494. The number of thiazole rings is 1. The van der Waals surface area contributed by atoms with Gasteiger partial charge in [0.25, 0.3) is 5.56 Å². The Morgan fingerprint density at radius 2 is 2.07 bits per heavy atom. The largest absolute Gasteiger partial charge is 0.490 e. The van der Waals surface area contributed by atoms with Gasteiger partial charge in [0.2, 0.25) is 0 Å². The molecule has 0 radical (unpaired) electrons. The molecule has 7 heteroatoms. The maximum atomic E-state index is 13.0. The molecule has 0 saturated heterocycles. The van der Waals surface area contributed by atoms with Gasteiger partial charge < -0.3 is 9.47 Å². The Morgan fingerprint density at radius 3 is 2.83 bits per heavy atom. The topological polar surface area (TPSA) is 52.8 Å². The molecule has 1 atom stereocenters. The lowest BCUT2D eigenvalue weighted by atomic mass is 10.2. The fourth-order valence-corrected chi connectivity index (χ4v) is 4.84. The third kappa shape index (κ3) is 3.85. The van der Waals surface area contributed by atoms with Crippen LogP contribution in [-0.4, -0.2) is 22.1 Å². The number of nitrogens with zero attached hydrogens (tertiary/aromatic N) is 2. The Bertz CT molecular complexity index is 1300. The summed E-state index contributed by atoms with van der Waals surface area (Å²) in [6.07, 6.45) is 2.91. The van der Waals surface area contributed by atoms with Crippen LogP contribution in [0.25, 0.3) is 22.1 Å². The average molecular weight is 520 g/mol. The summed E-state index contributed by atoms with van der Waals surface area (Å²) in [4.78, 5) is 18.3. The number of fused-ring (bicyclic) bond motifs is 3. The van der Waals surface area contributed by atoms with Gasteiger partial charge in [-0.3, -0.25) is 4.79 Å². The van der Waals surface area contributed by atoms with Gasteiger partial charge in [0.1, 0.15) is 0 Å². The Labute approximate surface area is 186 Å². The number of rotatable bonds is 6. The maximum Gasteiger partial charge on any atom is 0.274 e. The summed E-state index contributed by atoms with van der Waals surface area (Å²) < 4.78 is 15.2. The molecule has 0 aliphatic rings. The van der Waals surface area contributed by atoms with Crippen LogP contribution in [-0.2, 0) is 0 Å².